The van der Waals surface area contributed by atoms with E-state index in [1.54, 1.807) is 36.4 Å². The predicted octanol–water partition coefficient (Wildman–Crippen LogP) is 3.47. The van der Waals surface area contributed by atoms with Crippen LogP contribution in [0.25, 0.3) is 0 Å². The maximum atomic E-state index is 12.9. The number of rotatable bonds is 12. The summed E-state index contributed by atoms with van der Waals surface area (Å²) in [5.74, 6) is -2.43. The summed E-state index contributed by atoms with van der Waals surface area (Å²) in [5.41, 5.74) is 1.29. The Morgan fingerprint density at radius 2 is 1.60 bits per heavy atom. The topological polar surface area (TPSA) is 160 Å². The van der Waals surface area contributed by atoms with Crippen LogP contribution in [0.3, 0.4) is 0 Å². The molecule has 2 amide bonds. The van der Waals surface area contributed by atoms with Gasteiger partial charge < -0.3 is 35.6 Å². The minimum absolute atomic E-state index is 0.00567. The van der Waals surface area contributed by atoms with Gasteiger partial charge in [-0.05, 0) is 54.8 Å². The molecule has 0 saturated heterocycles. The number of nitrogens with zero attached hydrogens (tertiary/aromatic N) is 4. The van der Waals surface area contributed by atoms with Gasteiger partial charge in [-0.15, -0.1) is 0 Å². The predicted molar refractivity (Wildman–Crippen MR) is 158 cm³/mol. The highest BCUT2D eigenvalue weighted by molar-refractivity contribution is 6.34. The Hall–Kier alpha value is -4.86. The van der Waals surface area contributed by atoms with Gasteiger partial charge in [0.15, 0.2) is 6.61 Å². The quantitative estimate of drug-likeness (QED) is 0.168. The van der Waals surface area contributed by atoms with E-state index in [1.807, 2.05) is 12.1 Å². The van der Waals surface area contributed by atoms with E-state index >= 15 is 0 Å². The maximum absolute atomic E-state index is 12.9. The second-order valence-corrected chi connectivity index (χ2v) is 10.7. The van der Waals surface area contributed by atoms with Crippen molar-refractivity contribution in [2.45, 2.75) is 30.6 Å². The van der Waals surface area contributed by atoms with Gasteiger partial charge in [0.25, 0.3) is 0 Å². The molecule has 1 aliphatic rings. The van der Waals surface area contributed by atoms with Crippen molar-refractivity contribution >= 4 is 52.7 Å². The minimum Gasteiger partial charge on any atom is -0.467 e. The largest absolute Gasteiger partial charge is 0.467 e. The van der Waals surface area contributed by atoms with E-state index in [0.29, 0.717) is 16.4 Å². The fourth-order valence-electron chi connectivity index (χ4n) is 4.06. The molecule has 0 radical (unpaired) electrons. The molecule has 3 aromatic rings. The highest BCUT2D eigenvalue weighted by Crippen LogP contribution is 2.48. The number of amides is 2. The first-order valence-corrected chi connectivity index (χ1v) is 13.9. The standard InChI is InChI=1S/C28H30ClF3N8O5/c1-40(2)22(42)21(41)33-14-20(23(43)44-3)34-18-8-10-19(11-9-18)35-24-36-25(38-26(37-24)45-15-28(30,31)32)39-27(12-13-27)16-4-6-17(29)7-5-16/h4-11,20,34H,12-15H2,1-3H3,(H,33,41)(H2,35,36,37,38,39). The molecule has 4 N–H and O–H groups in total. The monoisotopic (exact) mass is 650 g/mol. The first-order chi connectivity index (χ1) is 21.3. The lowest BCUT2D eigenvalue weighted by Gasteiger charge is -2.19. The number of hydrogen-bond donors (Lipinski definition) is 4. The Balaban J connectivity index is 1.48. The molecule has 1 aliphatic carbocycles. The number of likely N-dealkylation sites (N-methyl/N-ethyl adjacent to an activating group) is 1. The third kappa shape index (κ3) is 9.31. The number of halogens is 4. The molecule has 1 unspecified atom stereocenters. The van der Waals surface area contributed by atoms with Crippen LogP contribution in [-0.2, 0) is 24.7 Å². The van der Waals surface area contributed by atoms with Gasteiger partial charge in [0, 0.05) is 37.0 Å². The lowest BCUT2D eigenvalue weighted by Crippen LogP contribution is -2.46. The van der Waals surface area contributed by atoms with Crippen LogP contribution >= 0.6 is 11.6 Å². The summed E-state index contributed by atoms with van der Waals surface area (Å²) in [7, 11) is 4.02. The Labute approximate surface area is 260 Å². The van der Waals surface area contributed by atoms with Crippen molar-refractivity contribution in [3.05, 3.63) is 59.1 Å². The molecule has 0 bridgehead atoms. The van der Waals surface area contributed by atoms with E-state index < -0.39 is 48.2 Å². The fraction of sp³-hybridized carbons (Fsp3) is 0.357. The summed E-state index contributed by atoms with van der Waals surface area (Å²) in [5, 5.41) is 12.0. The molecule has 1 atom stereocenters. The number of esters is 1. The molecule has 1 aromatic heterocycles. The molecule has 2 aromatic carbocycles. The van der Waals surface area contributed by atoms with Gasteiger partial charge in [0.05, 0.1) is 12.6 Å². The van der Waals surface area contributed by atoms with Crippen molar-refractivity contribution in [3.63, 3.8) is 0 Å². The van der Waals surface area contributed by atoms with Gasteiger partial charge in [-0.2, -0.15) is 28.1 Å². The summed E-state index contributed by atoms with van der Waals surface area (Å²) in [4.78, 5) is 49.5. The summed E-state index contributed by atoms with van der Waals surface area (Å²) in [6, 6.07) is 12.0. The first kappa shape index (κ1) is 33.0. The Morgan fingerprint density at radius 3 is 2.18 bits per heavy atom. The van der Waals surface area contributed by atoms with E-state index in [1.165, 1.54) is 21.2 Å². The Bertz CT molecular complexity index is 1520. The molecule has 1 fully saturated rings. The minimum atomic E-state index is -4.61. The molecular weight excluding hydrogens is 621 g/mol. The number of aromatic nitrogens is 3. The molecule has 17 heteroatoms. The zero-order valence-corrected chi connectivity index (χ0v) is 25.1. The number of carbonyl (C=O) groups excluding carboxylic acids is 3. The molecular formula is C28H30ClF3N8O5. The van der Waals surface area contributed by atoms with Crippen molar-refractivity contribution < 1.29 is 37.0 Å². The number of ether oxygens (including phenoxy) is 2. The number of alkyl halides is 3. The Kier molecular flexibility index (Phi) is 10.2. The molecule has 0 spiro atoms. The summed E-state index contributed by atoms with van der Waals surface area (Å²) in [6.45, 7) is -1.83. The van der Waals surface area contributed by atoms with Gasteiger partial charge in [0.2, 0.25) is 11.9 Å². The van der Waals surface area contributed by atoms with Gasteiger partial charge >= 0.3 is 30.0 Å². The molecule has 13 nitrogen and oxygen atoms in total. The Morgan fingerprint density at radius 1 is 0.978 bits per heavy atom. The number of anilines is 4. The van der Waals surface area contributed by atoms with E-state index in [9.17, 15) is 27.6 Å². The van der Waals surface area contributed by atoms with Crippen molar-refractivity contribution in [2.24, 2.45) is 0 Å². The molecule has 0 aliphatic heterocycles. The number of hydrogen-bond acceptors (Lipinski definition) is 11. The van der Waals surface area contributed by atoms with Gasteiger partial charge in [-0.1, -0.05) is 23.7 Å². The average Bonchev–Trinajstić information content (AvgIpc) is 3.78. The molecule has 240 valence electrons. The second kappa shape index (κ2) is 13.8. The highest BCUT2D eigenvalue weighted by Gasteiger charge is 2.45. The first-order valence-electron chi connectivity index (χ1n) is 13.5. The molecule has 4 rings (SSSR count). The van der Waals surface area contributed by atoms with Crippen LogP contribution in [0.15, 0.2) is 48.5 Å². The van der Waals surface area contributed by atoms with Crippen LogP contribution in [0.4, 0.5) is 36.4 Å². The van der Waals surface area contributed by atoms with Gasteiger partial charge in [0.1, 0.15) is 6.04 Å². The smallest absolute Gasteiger partial charge is 0.422 e. The lowest BCUT2D eigenvalue weighted by molar-refractivity contribution is -0.154. The van der Waals surface area contributed by atoms with Gasteiger partial charge in [-0.25, -0.2) is 4.79 Å². The fourth-order valence-corrected chi connectivity index (χ4v) is 4.19. The van der Waals surface area contributed by atoms with Crippen molar-refractivity contribution in [1.29, 1.82) is 0 Å². The highest BCUT2D eigenvalue weighted by atomic mass is 35.5. The third-order valence-corrected chi connectivity index (χ3v) is 6.76. The molecule has 45 heavy (non-hydrogen) atoms. The maximum Gasteiger partial charge on any atom is 0.422 e. The van der Waals surface area contributed by atoms with Crippen LogP contribution in [0.1, 0.15) is 18.4 Å². The van der Waals surface area contributed by atoms with Crippen molar-refractivity contribution in [2.75, 3.05) is 50.3 Å². The summed E-state index contributed by atoms with van der Waals surface area (Å²) in [6.07, 6.45) is -3.14. The number of nitrogens with one attached hydrogen (secondary N) is 4. The van der Waals surface area contributed by atoms with Gasteiger partial charge in [-0.3, -0.25) is 9.59 Å². The van der Waals surface area contributed by atoms with Crippen LogP contribution in [-0.4, -0.2) is 84.2 Å². The van der Waals surface area contributed by atoms with Crippen LogP contribution < -0.4 is 26.0 Å². The molecule has 1 heterocycles. The van der Waals surface area contributed by atoms with E-state index in [0.717, 1.165) is 23.3 Å². The zero-order chi connectivity index (χ0) is 32.8. The number of methoxy groups -OCH3 is 1. The van der Waals surface area contributed by atoms with Crippen LogP contribution in [0.2, 0.25) is 5.02 Å². The summed E-state index contributed by atoms with van der Waals surface area (Å²) >= 11 is 6.01. The van der Waals surface area contributed by atoms with Crippen molar-refractivity contribution in [3.8, 4) is 6.01 Å². The van der Waals surface area contributed by atoms with E-state index in [2.05, 4.69) is 36.2 Å². The molecule has 1 saturated carbocycles. The summed E-state index contributed by atoms with van der Waals surface area (Å²) < 4.78 is 48.2. The van der Waals surface area contributed by atoms with Crippen molar-refractivity contribution in [1.82, 2.24) is 25.2 Å². The SMILES string of the molecule is COC(=O)C(CNC(=O)C(=O)N(C)C)Nc1ccc(Nc2nc(NC3(c4ccc(Cl)cc4)CC3)nc(OCC(F)(F)F)n2)cc1. The van der Waals surface area contributed by atoms with E-state index in [4.69, 9.17) is 21.1 Å². The normalized spacial score (nSPS) is 14.0. The van der Waals surface area contributed by atoms with Crippen LogP contribution in [0.5, 0.6) is 6.01 Å². The van der Waals surface area contributed by atoms with Crippen LogP contribution in [0, 0.1) is 0 Å². The average molecular weight is 651 g/mol. The van der Waals surface area contributed by atoms with E-state index in [-0.39, 0.29) is 18.4 Å². The zero-order valence-electron chi connectivity index (χ0n) is 24.4. The lowest BCUT2D eigenvalue weighted by atomic mass is 10.1. The third-order valence-electron chi connectivity index (χ3n) is 6.51. The second-order valence-electron chi connectivity index (χ2n) is 10.2. The number of benzene rings is 2. The number of carbonyl (C=O) groups is 3.